The van der Waals surface area contributed by atoms with Crippen LogP contribution in [0.4, 0.5) is 0 Å². The monoisotopic (exact) mass is 351 g/mol. The Kier molecular flexibility index (Phi) is 3.85. The number of carbonyl (C=O) groups excluding carboxylic acids is 2. The molecule has 0 aliphatic heterocycles. The third-order valence-corrected chi connectivity index (χ3v) is 7.35. The Morgan fingerprint density at radius 3 is 2.21 bits per heavy atom. The zero-order valence-corrected chi connectivity index (χ0v) is 15.2. The van der Waals surface area contributed by atoms with Gasteiger partial charge in [0, 0.05) is 19.0 Å². The highest BCUT2D eigenvalue weighted by Gasteiger charge is 2.65. The number of likely N-dealkylation sites (N-methyl/N-ethyl adjacent to an activating group) is 1. The molecule has 0 aromatic rings. The van der Waals surface area contributed by atoms with E-state index in [1.54, 1.807) is 0 Å². The molecule has 0 spiro atoms. The van der Waals surface area contributed by atoms with Gasteiger partial charge < -0.3 is 10.0 Å². The van der Waals surface area contributed by atoms with E-state index >= 15 is 0 Å². The van der Waals surface area contributed by atoms with E-state index in [0.29, 0.717) is 30.6 Å². The van der Waals surface area contributed by atoms with Crippen LogP contribution < -0.4 is 0 Å². The van der Waals surface area contributed by atoms with Gasteiger partial charge >= 0.3 is 0 Å². The molecule has 132 valence electrons. The first kappa shape index (κ1) is 16.6. The van der Waals surface area contributed by atoms with Gasteiger partial charge in [0.2, 0.25) is 5.78 Å². The topological polar surface area (TPSA) is 57.6 Å². The Morgan fingerprint density at radius 1 is 1.08 bits per heavy atom. The number of hydrogen-bond donors (Lipinski definition) is 1. The molecule has 4 nitrogen and oxygen atoms in total. The summed E-state index contributed by atoms with van der Waals surface area (Å²) in [6.45, 7) is 5.29. The minimum atomic E-state index is -1.69. The standard InChI is InChI=1S/C19H26ClNO3/c1-3-21(4-2)17-15(20)18(23)19(17,24)14-12-6-10-5-11(7-12)9-13(8-10)16(14)22/h10-14,24H,3-9H2,1-2H3. The van der Waals surface area contributed by atoms with Crippen LogP contribution in [0.3, 0.4) is 0 Å². The molecule has 4 unspecified atom stereocenters. The minimum Gasteiger partial charge on any atom is -0.375 e. The predicted octanol–water partition coefficient (Wildman–Crippen LogP) is 2.73. The Bertz CT molecular complexity index is 612. The van der Waals surface area contributed by atoms with E-state index in [4.69, 9.17) is 11.6 Å². The van der Waals surface area contributed by atoms with Crippen molar-refractivity contribution in [3.63, 3.8) is 0 Å². The first-order valence-electron chi connectivity index (χ1n) is 9.37. The third kappa shape index (κ3) is 2.02. The maximum absolute atomic E-state index is 13.2. The molecule has 5 rings (SSSR count). The van der Waals surface area contributed by atoms with Gasteiger partial charge in [0.15, 0.2) is 5.60 Å². The third-order valence-electron chi connectivity index (χ3n) is 7.00. The fraction of sp³-hybridized carbons (Fsp3) is 0.789. The number of ketones is 2. The number of hydrogen-bond acceptors (Lipinski definition) is 4. The molecule has 0 aromatic carbocycles. The summed E-state index contributed by atoms with van der Waals surface area (Å²) in [6, 6.07) is 0. The average molecular weight is 352 g/mol. The summed E-state index contributed by atoms with van der Waals surface area (Å²) in [5.74, 6) is 0.426. The average Bonchev–Trinajstić information content (AvgIpc) is 2.72. The quantitative estimate of drug-likeness (QED) is 0.846. The summed E-state index contributed by atoms with van der Waals surface area (Å²) in [7, 11) is 0. The highest BCUT2D eigenvalue weighted by atomic mass is 35.5. The fourth-order valence-corrected chi connectivity index (χ4v) is 6.54. The number of halogens is 1. The summed E-state index contributed by atoms with van der Waals surface area (Å²) < 4.78 is 0. The summed E-state index contributed by atoms with van der Waals surface area (Å²) in [4.78, 5) is 27.8. The maximum Gasteiger partial charge on any atom is 0.214 e. The van der Waals surface area contributed by atoms with Crippen LogP contribution in [0.15, 0.2) is 10.7 Å². The van der Waals surface area contributed by atoms with E-state index in [0.717, 1.165) is 25.7 Å². The van der Waals surface area contributed by atoms with Crippen molar-refractivity contribution in [3.05, 3.63) is 10.7 Å². The number of Topliss-reactive ketones (excluding diaryl/α,β-unsaturated/α-hetero) is 2. The second-order valence-corrected chi connectivity index (χ2v) is 8.56. The van der Waals surface area contributed by atoms with E-state index in [1.165, 1.54) is 6.42 Å². The molecule has 4 atom stereocenters. The molecule has 5 aliphatic carbocycles. The van der Waals surface area contributed by atoms with Gasteiger partial charge in [-0.2, -0.15) is 0 Å². The Morgan fingerprint density at radius 2 is 1.67 bits per heavy atom. The molecule has 4 fully saturated rings. The van der Waals surface area contributed by atoms with Crippen molar-refractivity contribution in [1.82, 2.24) is 4.90 Å². The van der Waals surface area contributed by atoms with E-state index in [2.05, 4.69) is 0 Å². The molecular formula is C19H26ClNO3. The van der Waals surface area contributed by atoms with Crippen LogP contribution >= 0.6 is 11.6 Å². The van der Waals surface area contributed by atoms with Gasteiger partial charge in [-0.25, -0.2) is 0 Å². The first-order valence-corrected chi connectivity index (χ1v) is 9.75. The highest BCUT2D eigenvalue weighted by molar-refractivity contribution is 6.48. The lowest BCUT2D eigenvalue weighted by Gasteiger charge is -2.49. The van der Waals surface area contributed by atoms with Gasteiger partial charge in [-0.15, -0.1) is 0 Å². The fourth-order valence-electron chi connectivity index (χ4n) is 6.14. The minimum absolute atomic E-state index is 0.0282. The van der Waals surface area contributed by atoms with Crippen molar-refractivity contribution in [2.75, 3.05) is 13.1 Å². The zero-order valence-electron chi connectivity index (χ0n) is 14.4. The largest absolute Gasteiger partial charge is 0.375 e. The van der Waals surface area contributed by atoms with Gasteiger partial charge in [-0.3, -0.25) is 9.59 Å². The van der Waals surface area contributed by atoms with E-state index in [9.17, 15) is 14.7 Å². The van der Waals surface area contributed by atoms with Crippen molar-refractivity contribution in [2.24, 2.45) is 29.6 Å². The molecule has 4 saturated carbocycles. The van der Waals surface area contributed by atoms with E-state index < -0.39 is 17.3 Å². The van der Waals surface area contributed by atoms with Crippen molar-refractivity contribution in [2.45, 2.75) is 51.6 Å². The lowest BCUT2D eigenvalue weighted by molar-refractivity contribution is -0.154. The number of fused-ring (bicyclic) bond motifs is 1. The van der Waals surface area contributed by atoms with E-state index in [-0.39, 0.29) is 22.7 Å². The molecular weight excluding hydrogens is 326 g/mol. The van der Waals surface area contributed by atoms with Crippen LogP contribution in [0, 0.1) is 29.6 Å². The molecule has 1 N–H and O–H groups in total. The van der Waals surface area contributed by atoms with Crippen molar-refractivity contribution in [3.8, 4) is 0 Å². The number of aliphatic hydroxyl groups is 1. The Labute approximate surface area is 148 Å². The summed E-state index contributed by atoms with van der Waals surface area (Å²) in [5.41, 5.74) is -1.19. The summed E-state index contributed by atoms with van der Waals surface area (Å²) in [6.07, 6.45) is 5.07. The molecule has 5 heteroatoms. The second kappa shape index (κ2) is 5.57. The van der Waals surface area contributed by atoms with Crippen LogP contribution in [0.1, 0.15) is 46.0 Å². The second-order valence-electron chi connectivity index (χ2n) is 8.18. The Hall–Kier alpha value is -0.870. The molecule has 0 saturated heterocycles. The SMILES string of the molecule is CCN(CC)C1=C(Cl)C(=O)C1(O)C1C(=O)C2CC3CC(C2)CC1C3. The van der Waals surface area contributed by atoms with Crippen LogP contribution in [0.2, 0.25) is 0 Å². The molecule has 0 heterocycles. The van der Waals surface area contributed by atoms with Crippen molar-refractivity contribution < 1.29 is 14.7 Å². The van der Waals surface area contributed by atoms with Gasteiger partial charge in [0.05, 0.1) is 11.6 Å². The molecule has 0 radical (unpaired) electrons. The van der Waals surface area contributed by atoms with Crippen molar-refractivity contribution in [1.29, 1.82) is 0 Å². The molecule has 0 aromatic heterocycles. The van der Waals surface area contributed by atoms with Gasteiger partial charge in [0.25, 0.3) is 0 Å². The predicted molar refractivity (Wildman–Crippen MR) is 91.3 cm³/mol. The van der Waals surface area contributed by atoms with Crippen LogP contribution in [0.5, 0.6) is 0 Å². The highest BCUT2D eigenvalue weighted by Crippen LogP contribution is 2.57. The number of rotatable bonds is 4. The van der Waals surface area contributed by atoms with Gasteiger partial charge in [-0.05, 0) is 63.7 Å². The molecule has 5 aliphatic rings. The van der Waals surface area contributed by atoms with Gasteiger partial charge in [0.1, 0.15) is 10.8 Å². The molecule has 0 amide bonds. The lowest BCUT2D eigenvalue weighted by Crippen LogP contribution is -2.63. The molecule has 4 bridgehead atoms. The zero-order chi connectivity index (χ0) is 17.2. The smallest absolute Gasteiger partial charge is 0.214 e. The number of nitrogens with zero attached hydrogens (tertiary/aromatic N) is 1. The Balaban J connectivity index is 1.77. The number of carbonyl (C=O) groups is 2. The molecule has 24 heavy (non-hydrogen) atoms. The van der Waals surface area contributed by atoms with Crippen LogP contribution in [0.25, 0.3) is 0 Å². The summed E-state index contributed by atoms with van der Waals surface area (Å²) in [5, 5.41) is 11.6. The lowest BCUT2D eigenvalue weighted by atomic mass is 9.62. The first-order chi connectivity index (χ1) is 11.4. The van der Waals surface area contributed by atoms with Crippen LogP contribution in [-0.2, 0) is 9.59 Å². The van der Waals surface area contributed by atoms with Crippen LogP contribution in [-0.4, -0.2) is 40.3 Å². The van der Waals surface area contributed by atoms with Gasteiger partial charge in [-0.1, -0.05) is 11.6 Å². The maximum atomic E-state index is 13.2. The van der Waals surface area contributed by atoms with Crippen molar-refractivity contribution >= 4 is 23.2 Å². The normalized spacial score (nSPS) is 43.9. The summed E-state index contributed by atoms with van der Waals surface area (Å²) >= 11 is 6.21. The van der Waals surface area contributed by atoms with E-state index in [1.807, 2.05) is 18.7 Å².